The Morgan fingerprint density at radius 1 is 1.16 bits per heavy atom. The molecule has 2 aromatic carbocycles. The molecule has 0 spiro atoms. The standard InChI is InChI=1S/C19H16FN7O4/c1-12(10-26-11-21-19(25-26)27(30)31)23-24-18(29)15-4-2-3-5-16(15)22-17(28)13-6-8-14(20)9-7-13/h2-9,11H,10H2,1H3,(H,22,28)(H,24,29)/b23-12+. The Balaban J connectivity index is 1.67. The van der Waals surface area contributed by atoms with Gasteiger partial charge in [-0.15, -0.1) is 0 Å². The molecule has 0 radical (unpaired) electrons. The topological polar surface area (TPSA) is 144 Å². The highest BCUT2D eigenvalue weighted by molar-refractivity contribution is 6.09. The normalized spacial score (nSPS) is 11.1. The van der Waals surface area contributed by atoms with Crippen LogP contribution < -0.4 is 10.7 Å². The quantitative estimate of drug-likeness (QED) is 0.338. The fraction of sp³-hybridized carbons (Fsp3) is 0.105. The van der Waals surface area contributed by atoms with Crippen molar-refractivity contribution >= 4 is 29.2 Å². The zero-order chi connectivity index (χ0) is 22.4. The average Bonchev–Trinajstić information content (AvgIpc) is 3.21. The Morgan fingerprint density at radius 3 is 2.55 bits per heavy atom. The summed E-state index contributed by atoms with van der Waals surface area (Å²) < 4.78 is 14.2. The molecule has 0 fully saturated rings. The maximum Gasteiger partial charge on any atom is 0.490 e. The van der Waals surface area contributed by atoms with Crippen molar-refractivity contribution in [3.05, 3.63) is 81.9 Å². The highest BCUT2D eigenvalue weighted by Crippen LogP contribution is 2.16. The van der Waals surface area contributed by atoms with Gasteiger partial charge in [-0.05, 0) is 48.2 Å². The van der Waals surface area contributed by atoms with Crippen LogP contribution in [0.5, 0.6) is 0 Å². The number of nitrogens with zero attached hydrogens (tertiary/aromatic N) is 5. The van der Waals surface area contributed by atoms with Crippen molar-refractivity contribution < 1.29 is 18.9 Å². The number of nitrogens with one attached hydrogen (secondary N) is 2. The molecule has 12 heteroatoms. The number of carbonyl (C=O) groups is 2. The number of rotatable bonds is 7. The third kappa shape index (κ3) is 5.53. The van der Waals surface area contributed by atoms with Gasteiger partial charge in [0.2, 0.25) is 6.33 Å². The highest BCUT2D eigenvalue weighted by atomic mass is 19.1. The third-order valence-corrected chi connectivity index (χ3v) is 3.95. The smallest absolute Gasteiger partial charge is 0.390 e. The molecular weight excluding hydrogens is 409 g/mol. The minimum absolute atomic E-state index is 0.0735. The van der Waals surface area contributed by atoms with Crippen LogP contribution in [0.1, 0.15) is 27.6 Å². The van der Waals surface area contributed by atoms with Crippen molar-refractivity contribution in [1.29, 1.82) is 0 Å². The van der Waals surface area contributed by atoms with Gasteiger partial charge in [-0.25, -0.2) is 9.82 Å². The van der Waals surface area contributed by atoms with Gasteiger partial charge in [0.05, 0.1) is 23.5 Å². The van der Waals surface area contributed by atoms with Crippen LogP contribution in [0.4, 0.5) is 16.0 Å². The van der Waals surface area contributed by atoms with Crippen molar-refractivity contribution in [2.75, 3.05) is 5.32 Å². The lowest BCUT2D eigenvalue weighted by atomic mass is 10.1. The maximum absolute atomic E-state index is 13.0. The van der Waals surface area contributed by atoms with Crippen molar-refractivity contribution in [2.45, 2.75) is 13.5 Å². The molecule has 0 bridgehead atoms. The number of amides is 2. The number of anilines is 1. The van der Waals surface area contributed by atoms with Crippen LogP contribution in [-0.4, -0.2) is 37.2 Å². The number of hydrogen-bond donors (Lipinski definition) is 2. The van der Waals surface area contributed by atoms with Crippen molar-refractivity contribution in [2.24, 2.45) is 5.10 Å². The van der Waals surface area contributed by atoms with Crippen LogP contribution in [0.25, 0.3) is 0 Å². The van der Waals surface area contributed by atoms with Gasteiger partial charge in [0.1, 0.15) is 5.82 Å². The number of benzene rings is 2. The summed E-state index contributed by atoms with van der Waals surface area (Å²) in [5, 5.41) is 20.8. The number of hydrogen-bond acceptors (Lipinski definition) is 7. The van der Waals surface area contributed by atoms with Gasteiger partial charge in [-0.1, -0.05) is 17.1 Å². The molecule has 2 N–H and O–H groups in total. The second kappa shape index (κ2) is 9.35. The lowest BCUT2D eigenvalue weighted by Crippen LogP contribution is -2.23. The predicted octanol–water partition coefficient (Wildman–Crippen LogP) is 2.38. The fourth-order valence-electron chi connectivity index (χ4n) is 2.51. The van der Waals surface area contributed by atoms with E-state index in [1.807, 2.05) is 0 Å². The van der Waals surface area contributed by atoms with E-state index < -0.39 is 28.5 Å². The van der Waals surface area contributed by atoms with Crippen molar-refractivity contribution in [3.63, 3.8) is 0 Å². The van der Waals surface area contributed by atoms with Gasteiger partial charge < -0.3 is 15.4 Å². The largest absolute Gasteiger partial charge is 0.490 e. The monoisotopic (exact) mass is 425 g/mol. The van der Waals surface area contributed by atoms with E-state index in [1.165, 1.54) is 29.2 Å². The number of hydrazone groups is 1. The summed E-state index contributed by atoms with van der Waals surface area (Å²) in [4.78, 5) is 38.3. The van der Waals surface area contributed by atoms with E-state index in [0.29, 0.717) is 5.71 Å². The summed E-state index contributed by atoms with van der Waals surface area (Å²) in [6, 6.07) is 11.3. The summed E-state index contributed by atoms with van der Waals surface area (Å²) in [7, 11) is 0. The molecule has 158 valence electrons. The second-order valence-electron chi connectivity index (χ2n) is 6.29. The molecule has 3 rings (SSSR count). The summed E-state index contributed by atoms with van der Waals surface area (Å²) in [6.45, 7) is 1.67. The maximum atomic E-state index is 13.0. The van der Waals surface area contributed by atoms with E-state index in [4.69, 9.17) is 0 Å². The Hall–Kier alpha value is -4.48. The lowest BCUT2D eigenvalue weighted by molar-refractivity contribution is -0.394. The van der Waals surface area contributed by atoms with Gasteiger partial charge in [0.15, 0.2) is 0 Å². The van der Waals surface area contributed by atoms with E-state index in [9.17, 15) is 24.1 Å². The summed E-state index contributed by atoms with van der Waals surface area (Å²) in [6.07, 6.45) is 1.18. The van der Waals surface area contributed by atoms with Crippen LogP contribution in [0.3, 0.4) is 0 Å². The molecule has 1 aromatic heterocycles. The fourth-order valence-corrected chi connectivity index (χ4v) is 2.51. The SMILES string of the molecule is C/C(Cn1cnc([N+](=O)[O-])n1)=N\NC(=O)c1ccccc1NC(=O)c1ccc(F)cc1. The Bertz CT molecular complexity index is 1160. The third-order valence-electron chi connectivity index (χ3n) is 3.95. The first-order valence-electron chi connectivity index (χ1n) is 8.87. The van der Waals surface area contributed by atoms with Crippen molar-refractivity contribution in [3.8, 4) is 0 Å². The summed E-state index contributed by atoms with van der Waals surface area (Å²) >= 11 is 0. The molecule has 0 saturated heterocycles. The van der Waals surface area contributed by atoms with Gasteiger partial charge in [-0.2, -0.15) is 9.78 Å². The minimum atomic E-state index is -0.720. The van der Waals surface area contributed by atoms with Crippen LogP contribution in [0.15, 0.2) is 60.0 Å². The molecule has 1 heterocycles. The Morgan fingerprint density at radius 2 is 1.87 bits per heavy atom. The van der Waals surface area contributed by atoms with E-state index in [-0.39, 0.29) is 23.4 Å². The molecule has 0 aliphatic rings. The van der Waals surface area contributed by atoms with E-state index in [0.717, 1.165) is 12.1 Å². The first kappa shape index (κ1) is 21.2. The van der Waals surface area contributed by atoms with E-state index in [2.05, 4.69) is 25.9 Å². The molecular formula is C19H16FN7O4. The first-order chi connectivity index (χ1) is 14.8. The van der Waals surface area contributed by atoms with E-state index in [1.54, 1.807) is 25.1 Å². The Labute approximate surface area is 174 Å². The molecule has 0 aliphatic carbocycles. The first-order valence-corrected chi connectivity index (χ1v) is 8.87. The number of carbonyl (C=O) groups excluding carboxylic acids is 2. The second-order valence-corrected chi connectivity index (χ2v) is 6.29. The van der Waals surface area contributed by atoms with E-state index >= 15 is 0 Å². The summed E-state index contributed by atoms with van der Waals surface area (Å²) in [5.74, 6) is -2.10. The average molecular weight is 425 g/mol. The zero-order valence-corrected chi connectivity index (χ0v) is 16.2. The molecule has 31 heavy (non-hydrogen) atoms. The van der Waals surface area contributed by atoms with Crippen LogP contribution in [0, 0.1) is 15.9 Å². The molecule has 0 saturated carbocycles. The molecule has 0 aliphatic heterocycles. The Kier molecular flexibility index (Phi) is 6.40. The molecule has 0 unspecified atom stereocenters. The number of aromatic nitrogens is 3. The van der Waals surface area contributed by atoms with Crippen LogP contribution in [0.2, 0.25) is 0 Å². The van der Waals surface area contributed by atoms with Gasteiger partial charge in [-0.3, -0.25) is 9.59 Å². The van der Waals surface area contributed by atoms with Gasteiger partial charge >= 0.3 is 5.95 Å². The number of halogens is 1. The van der Waals surface area contributed by atoms with Crippen LogP contribution in [-0.2, 0) is 6.54 Å². The van der Waals surface area contributed by atoms with Gasteiger partial charge in [0, 0.05) is 10.7 Å². The van der Waals surface area contributed by atoms with Crippen molar-refractivity contribution in [1.82, 2.24) is 20.2 Å². The molecule has 0 atom stereocenters. The van der Waals surface area contributed by atoms with Gasteiger partial charge in [0.25, 0.3) is 11.8 Å². The molecule has 11 nitrogen and oxygen atoms in total. The minimum Gasteiger partial charge on any atom is -0.390 e. The number of nitro groups is 1. The zero-order valence-electron chi connectivity index (χ0n) is 16.2. The lowest BCUT2D eigenvalue weighted by Gasteiger charge is -2.10. The molecule has 2 amide bonds. The van der Waals surface area contributed by atoms with Crippen LogP contribution >= 0.6 is 0 Å². The number of para-hydroxylation sites is 1. The summed E-state index contributed by atoms with van der Waals surface area (Å²) in [5.41, 5.74) is 3.40. The predicted molar refractivity (Wildman–Crippen MR) is 108 cm³/mol. The highest BCUT2D eigenvalue weighted by Gasteiger charge is 2.15. The molecule has 3 aromatic rings.